The van der Waals surface area contributed by atoms with E-state index in [4.69, 9.17) is 4.74 Å². The molecular weight excluding hydrogens is 221 g/mol. The Morgan fingerprint density at radius 1 is 1.29 bits per heavy atom. The molecule has 96 valence electrons. The largest absolute Gasteiger partial charge is 0.488 e. The highest BCUT2D eigenvalue weighted by molar-refractivity contribution is 5.23. The van der Waals surface area contributed by atoms with Crippen molar-refractivity contribution in [1.29, 1.82) is 0 Å². The number of rotatable bonds is 7. The highest BCUT2D eigenvalue weighted by Gasteiger charge is 2.10. The van der Waals surface area contributed by atoms with Gasteiger partial charge in [-0.15, -0.1) is 0 Å². The molecule has 0 aromatic heterocycles. The molecule has 4 heteroatoms. The number of aliphatic hydroxyl groups excluding tert-OH is 1. The second-order valence-corrected chi connectivity index (χ2v) is 3.88. The fourth-order valence-corrected chi connectivity index (χ4v) is 1.58. The minimum absolute atomic E-state index is 0.109. The summed E-state index contributed by atoms with van der Waals surface area (Å²) in [6.45, 7) is 6.49. The molecule has 0 amide bonds. The molecule has 0 bridgehead atoms. The number of para-hydroxylation sites is 1. The number of halogens is 1. The Balaban J connectivity index is 2.38. The minimum Gasteiger partial charge on any atom is -0.488 e. The van der Waals surface area contributed by atoms with Crippen molar-refractivity contribution in [3.05, 3.63) is 30.1 Å². The van der Waals surface area contributed by atoms with Gasteiger partial charge in [-0.1, -0.05) is 26.0 Å². The molecule has 1 unspecified atom stereocenters. The van der Waals surface area contributed by atoms with Crippen LogP contribution >= 0.6 is 0 Å². The van der Waals surface area contributed by atoms with Gasteiger partial charge in [-0.3, -0.25) is 0 Å². The summed E-state index contributed by atoms with van der Waals surface area (Å²) in [5.74, 6) is -0.214. The zero-order chi connectivity index (χ0) is 12.7. The number of hydrogen-bond acceptors (Lipinski definition) is 3. The Hall–Kier alpha value is -1.13. The van der Waals surface area contributed by atoms with Crippen LogP contribution in [0.15, 0.2) is 24.3 Å². The van der Waals surface area contributed by atoms with E-state index in [1.54, 1.807) is 18.2 Å². The lowest BCUT2D eigenvalue weighted by molar-refractivity contribution is 0.0701. The van der Waals surface area contributed by atoms with Gasteiger partial charge in [-0.25, -0.2) is 4.39 Å². The first kappa shape index (κ1) is 13.9. The number of hydrogen-bond donors (Lipinski definition) is 1. The van der Waals surface area contributed by atoms with E-state index < -0.39 is 11.9 Å². The third kappa shape index (κ3) is 4.71. The normalized spacial score (nSPS) is 12.8. The van der Waals surface area contributed by atoms with Crippen LogP contribution in [0.25, 0.3) is 0 Å². The molecule has 0 saturated heterocycles. The molecule has 1 N–H and O–H groups in total. The van der Waals surface area contributed by atoms with Crippen LogP contribution in [0.3, 0.4) is 0 Å². The quantitative estimate of drug-likeness (QED) is 0.791. The zero-order valence-electron chi connectivity index (χ0n) is 10.4. The maximum Gasteiger partial charge on any atom is 0.165 e. The Morgan fingerprint density at radius 3 is 2.53 bits per heavy atom. The molecule has 1 atom stereocenters. The first-order valence-corrected chi connectivity index (χ1v) is 5.95. The third-order valence-corrected chi connectivity index (χ3v) is 2.63. The molecule has 1 aromatic rings. The fraction of sp³-hybridized carbons (Fsp3) is 0.538. The molecule has 0 aliphatic heterocycles. The van der Waals surface area contributed by atoms with Gasteiger partial charge >= 0.3 is 0 Å². The van der Waals surface area contributed by atoms with Crippen molar-refractivity contribution in [1.82, 2.24) is 4.90 Å². The Morgan fingerprint density at radius 2 is 1.94 bits per heavy atom. The van der Waals surface area contributed by atoms with E-state index >= 15 is 0 Å². The molecule has 0 saturated carbocycles. The minimum atomic E-state index is -0.602. The highest BCUT2D eigenvalue weighted by Crippen LogP contribution is 2.15. The SMILES string of the molecule is CCN(CC)CC(O)COc1ccccc1F. The first-order chi connectivity index (χ1) is 8.17. The van der Waals surface area contributed by atoms with Gasteiger partial charge < -0.3 is 14.7 Å². The fourth-order valence-electron chi connectivity index (χ4n) is 1.58. The second kappa shape index (κ2) is 7.25. The maximum absolute atomic E-state index is 13.2. The van der Waals surface area contributed by atoms with E-state index in [-0.39, 0.29) is 12.4 Å². The lowest BCUT2D eigenvalue weighted by Crippen LogP contribution is -2.35. The summed E-state index contributed by atoms with van der Waals surface area (Å²) < 4.78 is 18.5. The highest BCUT2D eigenvalue weighted by atomic mass is 19.1. The Kier molecular flexibility index (Phi) is 5.94. The van der Waals surface area contributed by atoms with Crippen LogP contribution in [-0.4, -0.2) is 42.4 Å². The molecule has 1 aromatic carbocycles. The van der Waals surface area contributed by atoms with Crippen molar-refractivity contribution in [2.45, 2.75) is 20.0 Å². The van der Waals surface area contributed by atoms with E-state index in [9.17, 15) is 9.50 Å². The molecular formula is C13H20FNO2. The number of nitrogens with zero attached hydrogens (tertiary/aromatic N) is 1. The van der Waals surface area contributed by atoms with Gasteiger partial charge in [0.05, 0.1) is 0 Å². The molecule has 0 fully saturated rings. The summed E-state index contributed by atoms with van der Waals surface area (Å²) >= 11 is 0. The van der Waals surface area contributed by atoms with Gasteiger partial charge in [0.2, 0.25) is 0 Å². The lowest BCUT2D eigenvalue weighted by atomic mass is 10.3. The smallest absolute Gasteiger partial charge is 0.165 e. The van der Waals surface area contributed by atoms with Crippen molar-refractivity contribution < 1.29 is 14.2 Å². The van der Waals surface area contributed by atoms with Gasteiger partial charge in [-0.05, 0) is 25.2 Å². The Labute approximate surface area is 102 Å². The van der Waals surface area contributed by atoms with Crippen molar-refractivity contribution in [2.75, 3.05) is 26.2 Å². The topological polar surface area (TPSA) is 32.7 Å². The number of ether oxygens (including phenoxy) is 1. The summed E-state index contributed by atoms with van der Waals surface area (Å²) in [4.78, 5) is 2.09. The van der Waals surface area contributed by atoms with Crippen LogP contribution in [0.2, 0.25) is 0 Å². The van der Waals surface area contributed by atoms with Crippen molar-refractivity contribution in [3.63, 3.8) is 0 Å². The zero-order valence-corrected chi connectivity index (χ0v) is 10.4. The average molecular weight is 241 g/mol. The van der Waals surface area contributed by atoms with Gasteiger partial charge in [0.25, 0.3) is 0 Å². The summed E-state index contributed by atoms with van der Waals surface area (Å²) in [6.07, 6.45) is -0.602. The summed E-state index contributed by atoms with van der Waals surface area (Å²) in [7, 11) is 0. The van der Waals surface area contributed by atoms with Gasteiger partial charge in [0, 0.05) is 6.54 Å². The van der Waals surface area contributed by atoms with Gasteiger partial charge in [0.15, 0.2) is 11.6 Å². The molecule has 0 aliphatic carbocycles. The van der Waals surface area contributed by atoms with E-state index in [0.717, 1.165) is 13.1 Å². The van der Waals surface area contributed by atoms with E-state index in [0.29, 0.717) is 6.54 Å². The summed E-state index contributed by atoms with van der Waals surface area (Å²) in [6, 6.07) is 6.20. The molecule has 0 aliphatic rings. The first-order valence-electron chi connectivity index (χ1n) is 5.95. The van der Waals surface area contributed by atoms with Crippen LogP contribution in [0.5, 0.6) is 5.75 Å². The van der Waals surface area contributed by atoms with E-state index in [1.165, 1.54) is 6.07 Å². The summed E-state index contributed by atoms with van der Waals surface area (Å²) in [5, 5.41) is 9.74. The molecule has 1 rings (SSSR count). The van der Waals surface area contributed by atoms with Crippen molar-refractivity contribution in [3.8, 4) is 5.75 Å². The van der Waals surface area contributed by atoms with Crippen LogP contribution in [0, 0.1) is 5.82 Å². The standard InChI is InChI=1S/C13H20FNO2/c1-3-15(4-2)9-11(16)10-17-13-8-6-5-7-12(13)14/h5-8,11,16H,3-4,9-10H2,1-2H3. The van der Waals surface area contributed by atoms with Crippen LogP contribution in [-0.2, 0) is 0 Å². The molecule has 0 heterocycles. The number of aliphatic hydroxyl groups is 1. The van der Waals surface area contributed by atoms with Crippen LogP contribution < -0.4 is 4.74 Å². The molecule has 17 heavy (non-hydrogen) atoms. The van der Waals surface area contributed by atoms with Gasteiger partial charge in [-0.2, -0.15) is 0 Å². The summed E-state index contributed by atoms with van der Waals surface area (Å²) in [5.41, 5.74) is 0. The lowest BCUT2D eigenvalue weighted by Gasteiger charge is -2.21. The third-order valence-electron chi connectivity index (χ3n) is 2.63. The average Bonchev–Trinajstić information content (AvgIpc) is 2.35. The van der Waals surface area contributed by atoms with Crippen molar-refractivity contribution >= 4 is 0 Å². The van der Waals surface area contributed by atoms with Crippen LogP contribution in [0.4, 0.5) is 4.39 Å². The van der Waals surface area contributed by atoms with Crippen LogP contribution in [0.1, 0.15) is 13.8 Å². The molecule has 3 nitrogen and oxygen atoms in total. The molecule has 0 spiro atoms. The predicted molar refractivity (Wildman–Crippen MR) is 65.7 cm³/mol. The van der Waals surface area contributed by atoms with Crippen molar-refractivity contribution in [2.24, 2.45) is 0 Å². The second-order valence-electron chi connectivity index (χ2n) is 3.88. The molecule has 0 radical (unpaired) electrons. The van der Waals surface area contributed by atoms with E-state index in [2.05, 4.69) is 4.90 Å². The Bertz CT molecular complexity index is 329. The van der Waals surface area contributed by atoms with Gasteiger partial charge in [0.1, 0.15) is 12.7 Å². The maximum atomic E-state index is 13.2. The monoisotopic (exact) mass is 241 g/mol. The predicted octanol–water partition coefficient (Wildman–Crippen LogP) is 1.91. The van der Waals surface area contributed by atoms with E-state index in [1.807, 2.05) is 13.8 Å². The number of benzene rings is 1. The number of likely N-dealkylation sites (N-methyl/N-ethyl adjacent to an activating group) is 1.